The smallest absolute Gasteiger partial charge is 0.224 e. The first kappa shape index (κ1) is 16.6. The summed E-state index contributed by atoms with van der Waals surface area (Å²) in [5, 5.41) is 3.07. The number of amides is 1. The first-order valence-corrected chi connectivity index (χ1v) is 9.07. The lowest BCUT2D eigenvalue weighted by molar-refractivity contribution is -0.122. The van der Waals surface area contributed by atoms with Crippen molar-refractivity contribution in [2.24, 2.45) is 5.92 Å². The number of aromatic nitrogens is 2. The van der Waals surface area contributed by atoms with Gasteiger partial charge in [0.1, 0.15) is 11.6 Å². The summed E-state index contributed by atoms with van der Waals surface area (Å²) in [4.78, 5) is 17.2. The molecule has 5 heteroatoms. The average Bonchev–Trinajstić information content (AvgIpc) is 3.41. The fraction of sp³-hybridized carbons (Fsp3) is 0.333. The highest BCUT2D eigenvalue weighted by Crippen LogP contribution is 2.48. The van der Waals surface area contributed by atoms with Gasteiger partial charge >= 0.3 is 0 Å². The van der Waals surface area contributed by atoms with Gasteiger partial charge in [-0.3, -0.25) is 4.79 Å². The number of carbonyl (C=O) groups excluding carboxylic acids is 1. The van der Waals surface area contributed by atoms with Crippen molar-refractivity contribution in [2.75, 3.05) is 7.11 Å². The zero-order chi connectivity index (χ0) is 18.1. The highest BCUT2D eigenvalue weighted by atomic mass is 16.5. The van der Waals surface area contributed by atoms with Gasteiger partial charge in [-0.1, -0.05) is 24.3 Å². The van der Waals surface area contributed by atoms with Crippen molar-refractivity contribution in [3.8, 4) is 5.75 Å². The van der Waals surface area contributed by atoms with Gasteiger partial charge < -0.3 is 14.6 Å². The zero-order valence-electron chi connectivity index (χ0n) is 15.1. The van der Waals surface area contributed by atoms with Crippen LogP contribution < -0.4 is 10.1 Å². The van der Waals surface area contributed by atoms with Gasteiger partial charge in [0.2, 0.25) is 5.91 Å². The maximum absolute atomic E-state index is 12.6. The number of rotatable bonds is 6. The number of ether oxygens (including phenoxy) is 1. The molecule has 1 amide bonds. The van der Waals surface area contributed by atoms with Crippen LogP contribution in [0.15, 0.2) is 48.5 Å². The standard InChI is InChI=1S/C21H23N3O2/c1-3-24-19-10-5-4-9-18(19)23-20(24)13-22-21(25)17-12-16(17)14-7-6-8-15(11-14)26-2/h4-11,16-17H,3,12-13H2,1-2H3,(H,22,25)/t16-,17+/m0/s1. The predicted molar refractivity (Wildman–Crippen MR) is 101 cm³/mol. The van der Waals surface area contributed by atoms with Crippen LogP contribution in [0.2, 0.25) is 0 Å². The minimum absolute atomic E-state index is 0.0431. The van der Waals surface area contributed by atoms with Gasteiger partial charge in [-0.25, -0.2) is 4.98 Å². The number of methoxy groups -OCH3 is 1. The molecule has 1 aliphatic carbocycles. The Morgan fingerprint density at radius 2 is 2.12 bits per heavy atom. The quantitative estimate of drug-likeness (QED) is 0.741. The molecule has 2 aromatic carbocycles. The van der Waals surface area contributed by atoms with E-state index in [1.165, 1.54) is 5.56 Å². The van der Waals surface area contributed by atoms with E-state index in [1.54, 1.807) is 7.11 Å². The van der Waals surface area contributed by atoms with Gasteiger partial charge in [0.05, 0.1) is 24.7 Å². The summed E-state index contributed by atoms with van der Waals surface area (Å²) in [5.41, 5.74) is 3.25. The minimum Gasteiger partial charge on any atom is -0.497 e. The second-order valence-electron chi connectivity index (χ2n) is 6.70. The summed E-state index contributed by atoms with van der Waals surface area (Å²) < 4.78 is 7.43. The largest absolute Gasteiger partial charge is 0.497 e. The molecule has 0 aliphatic heterocycles. The van der Waals surface area contributed by atoms with E-state index in [-0.39, 0.29) is 17.7 Å². The Bertz CT molecular complexity index is 947. The Morgan fingerprint density at radius 1 is 1.27 bits per heavy atom. The molecule has 4 rings (SSSR count). The summed E-state index contributed by atoms with van der Waals surface area (Å²) in [5.74, 6) is 2.18. The maximum atomic E-state index is 12.6. The van der Waals surface area contributed by atoms with Crippen LogP contribution in [0.3, 0.4) is 0 Å². The lowest BCUT2D eigenvalue weighted by Gasteiger charge is -2.08. The molecule has 1 N–H and O–H groups in total. The zero-order valence-corrected chi connectivity index (χ0v) is 15.1. The molecule has 5 nitrogen and oxygen atoms in total. The normalized spacial score (nSPS) is 18.7. The second kappa shape index (κ2) is 6.83. The van der Waals surface area contributed by atoms with E-state index in [0.29, 0.717) is 6.54 Å². The van der Waals surface area contributed by atoms with Crippen LogP contribution in [-0.4, -0.2) is 22.6 Å². The molecule has 26 heavy (non-hydrogen) atoms. The maximum Gasteiger partial charge on any atom is 0.224 e. The third kappa shape index (κ3) is 3.05. The molecular weight excluding hydrogens is 326 g/mol. The minimum atomic E-state index is 0.0431. The van der Waals surface area contributed by atoms with E-state index in [4.69, 9.17) is 4.74 Å². The highest BCUT2D eigenvalue weighted by Gasteiger charge is 2.43. The molecule has 0 bridgehead atoms. The summed E-state index contributed by atoms with van der Waals surface area (Å²) in [6.45, 7) is 3.39. The van der Waals surface area contributed by atoms with E-state index in [2.05, 4.69) is 33.9 Å². The van der Waals surface area contributed by atoms with Gasteiger partial charge in [0.15, 0.2) is 0 Å². The van der Waals surface area contributed by atoms with Gasteiger partial charge in [-0.2, -0.15) is 0 Å². The molecule has 1 aromatic heterocycles. The van der Waals surface area contributed by atoms with Crippen LogP contribution in [0.5, 0.6) is 5.75 Å². The number of nitrogens with one attached hydrogen (secondary N) is 1. The van der Waals surface area contributed by atoms with E-state index >= 15 is 0 Å². The second-order valence-corrected chi connectivity index (χ2v) is 6.70. The Labute approximate surface area is 153 Å². The summed E-state index contributed by atoms with van der Waals surface area (Å²) in [6, 6.07) is 16.1. The SMILES string of the molecule is CCn1c(CNC(=O)[C@@H]2C[C@H]2c2cccc(OC)c2)nc2ccccc21. The number of aryl methyl sites for hydroxylation is 1. The highest BCUT2D eigenvalue weighted by molar-refractivity contribution is 5.83. The third-order valence-electron chi connectivity index (χ3n) is 5.12. The number of carbonyl (C=O) groups is 1. The lowest BCUT2D eigenvalue weighted by Crippen LogP contribution is -2.26. The number of imidazole rings is 1. The molecule has 3 aromatic rings. The van der Waals surface area contributed by atoms with Crippen LogP contribution >= 0.6 is 0 Å². The summed E-state index contributed by atoms with van der Waals surface area (Å²) in [7, 11) is 1.66. The molecule has 0 radical (unpaired) electrons. The number of fused-ring (bicyclic) bond motifs is 1. The van der Waals surface area contributed by atoms with Crippen LogP contribution in [0.1, 0.15) is 30.7 Å². The number of para-hydroxylation sites is 2. The number of hydrogen-bond donors (Lipinski definition) is 1. The number of nitrogens with zero attached hydrogens (tertiary/aromatic N) is 2. The van der Waals surface area contributed by atoms with Gasteiger partial charge in [0, 0.05) is 12.5 Å². The first-order chi connectivity index (χ1) is 12.7. The average molecular weight is 349 g/mol. The van der Waals surface area contributed by atoms with Gasteiger partial charge in [0.25, 0.3) is 0 Å². The van der Waals surface area contributed by atoms with Crippen LogP contribution in [0.25, 0.3) is 11.0 Å². The summed E-state index contributed by atoms with van der Waals surface area (Å²) in [6.07, 6.45) is 0.892. The molecule has 2 atom stereocenters. The molecular formula is C21H23N3O2. The molecule has 0 unspecified atom stereocenters. The predicted octanol–water partition coefficient (Wildman–Crippen LogP) is 3.48. The first-order valence-electron chi connectivity index (χ1n) is 9.07. The van der Waals surface area contributed by atoms with E-state index in [1.807, 2.05) is 36.4 Å². The molecule has 1 heterocycles. The van der Waals surface area contributed by atoms with Gasteiger partial charge in [-0.15, -0.1) is 0 Å². The molecule has 1 aliphatic rings. The monoisotopic (exact) mass is 349 g/mol. The van der Waals surface area contributed by atoms with Crippen molar-refractivity contribution in [3.63, 3.8) is 0 Å². The van der Waals surface area contributed by atoms with Crippen molar-refractivity contribution in [1.29, 1.82) is 0 Å². The third-order valence-corrected chi connectivity index (χ3v) is 5.12. The molecule has 0 saturated heterocycles. The topological polar surface area (TPSA) is 56.2 Å². The lowest BCUT2D eigenvalue weighted by atomic mass is 10.1. The fourth-order valence-corrected chi connectivity index (χ4v) is 3.64. The number of hydrogen-bond acceptors (Lipinski definition) is 3. The van der Waals surface area contributed by atoms with Crippen LogP contribution in [0, 0.1) is 5.92 Å². The van der Waals surface area contributed by atoms with E-state index in [9.17, 15) is 4.79 Å². The number of benzene rings is 2. The van der Waals surface area contributed by atoms with Gasteiger partial charge in [-0.05, 0) is 49.1 Å². The van der Waals surface area contributed by atoms with E-state index in [0.717, 1.165) is 35.6 Å². The molecule has 1 fully saturated rings. The Balaban J connectivity index is 1.42. The van der Waals surface area contributed by atoms with Crippen molar-refractivity contribution >= 4 is 16.9 Å². The summed E-state index contributed by atoms with van der Waals surface area (Å²) >= 11 is 0. The molecule has 1 saturated carbocycles. The van der Waals surface area contributed by atoms with Crippen LogP contribution in [-0.2, 0) is 17.9 Å². The molecule has 0 spiro atoms. The van der Waals surface area contributed by atoms with Crippen molar-refractivity contribution in [3.05, 3.63) is 59.9 Å². The van der Waals surface area contributed by atoms with Crippen molar-refractivity contribution in [2.45, 2.75) is 32.4 Å². The van der Waals surface area contributed by atoms with Crippen molar-refractivity contribution in [1.82, 2.24) is 14.9 Å². The molecule has 134 valence electrons. The van der Waals surface area contributed by atoms with E-state index < -0.39 is 0 Å². The van der Waals surface area contributed by atoms with Crippen LogP contribution in [0.4, 0.5) is 0 Å². The van der Waals surface area contributed by atoms with Crippen molar-refractivity contribution < 1.29 is 9.53 Å². The Hall–Kier alpha value is -2.82. The Kier molecular flexibility index (Phi) is 4.37. The fourth-order valence-electron chi connectivity index (χ4n) is 3.64. The Morgan fingerprint density at radius 3 is 2.92 bits per heavy atom.